The van der Waals surface area contributed by atoms with E-state index in [2.05, 4.69) is 16.3 Å². The molecule has 0 saturated heterocycles. The zero-order chi connectivity index (χ0) is 14.7. The number of benzene rings is 1. The Labute approximate surface area is 114 Å². The molecule has 2 amide bonds. The summed E-state index contributed by atoms with van der Waals surface area (Å²) in [5.74, 6) is 0.0107. The highest BCUT2D eigenvalue weighted by atomic mass is 19.3. The Bertz CT molecular complexity index is 560. The molecule has 0 fully saturated rings. The van der Waals surface area contributed by atoms with Crippen molar-refractivity contribution < 1.29 is 18.3 Å². The average molecular weight is 281 g/mol. The SMILES string of the molecule is C=CCN1C(=O)N=C(N)C1c1ccccc1OC(F)F. The van der Waals surface area contributed by atoms with Crippen LogP contribution < -0.4 is 10.5 Å². The van der Waals surface area contributed by atoms with Crippen molar-refractivity contribution in [3.63, 3.8) is 0 Å². The number of nitrogens with zero attached hydrogens (tertiary/aromatic N) is 2. The Morgan fingerprint density at radius 2 is 2.20 bits per heavy atom. The molecular formula is C13H13F2N3O2. The van der Waals surface area contributed by atoms with Gasteiger partial charge >= 0.3 is 12.6 Å². The monoisotopic (exact) mass is 281 g/mol. The van der Waals surface area contributed by atoms with Crippen LogP contribution in [-0.4, -0.2) is 29.9 Å². The second-order valence-electron chi connectivity index (χ2n) is 4.08. The summed E-state index contributed by atoms with van der Waals surface area (Å²) >= 11 is 0. The zero-order valence-electron chi connectivity index (χ0n) is 10.5. The molecule has 1 aromatic carbocycles. The van der Waals surface area contributed by atoms with Gasteiger partial charge in [-0.25, -0.2) is 4.79 Å². The fourth-order valence-corrected chi connectivity index (χ4v) is 2.07. The predicted molar refractivity (Wildman–Crippen MR) is 69.7 cm³/mol. The van der Waals surface area contributed by atoms with Crippen molar-refractivity contribution in [1.82, 2.24) is 4.90 Å². The van der Waals surface area contributed by atoms with Crippen molar-refractivity contribution in [2.24, 2.45) is 10.7 Å². The van der Waals surface area contributed by atoms with E-state index in [1.807, 2.05) is 0 Å². The van der Waals surface area contributed by atoms with Crippen LogP contribution >= 0.6 is 0 Å². The topological polar surface area (TPSA) is 67.9 Å². The van der Waals surface area contributed by atoms with E-state index in [0.717, 1.165) is 0 Å². The van der Waals surface area contributed by atoms with Crippen molar-refractivity contribution in [2.75, 3.05) is 6.54 Å². The Hall–Kier alpha value is -2.44. The maximum atomic E-state index is 12.4. The van der Waals surface area contributed by atoms with E-state index in [-0.39, 0.29) is 18.1 Å². The van der Waals surface area contributed by atoms with Gasteiger partial charge in [0, 0.05) is 12.1 Å². The van der Waals surface area contributed by atoms with Crippen LogP contribution in [0.25, 0.3) is 0 Å². The largest absolute Gasteiger partial charge is 0.434 e. The number of nitrogens with two attached hydrogens (primary N) is 1. The lowest BCUT2D eigenvalue weighted by Crippen LogP contribution is -2.33. The number of carbonyl (C=O) groups excluding carboxylic acids is 1. The number of hydrogen-bond acceptors (Lipinski definition) is 3. The molecule has 0 spiro atoms. The lowest BCUT2D eigenvalue weighted by atomic mass is 10.0. The number of para-hydroxylation sites is 1. The van der Waals surface area contributed by atoms with Crippen molar-refractivity contribution >= 4 is 11.9 Å². The lowest BCUT2D eigenvalue weighted by Gasteiger charge is -2.24. The number of alkyl halides is 2. The third-order valence-corrected chi connectivity index (χ3v) is 2.82. The zero-order valence-corrected chi connectivity index (χ0v) is 10.5. The molecule has 1 heterocycles. The minimum Gasteiger partial charge on any atom is -0.434 e. The van der Waals surface area contributed by atoms with Gasteiger partial charge in [-0.2, -0.15) is 13.8 Å². The van der Waals surface area contributed by atoms with Crippen LogP contribution in [0.2, 0.25) is 0 Å². The molecule has 2 N–H and O–H groups in total. The molecule has 0 bridgehead atoms. The highest BCUT2D eigenvalue weighted by molar-refractivity contribution is 6.03. The summed E-state index contributed by atoms with van der Waals surface area (Å²) in [5, 5.41) is 0. The number of halogens is 2. The van der Waals surface area contributed by atoms with E-state index in [4.69, 9.17) is 5.73 Å². The Kier molecular flexibility index (Phi) is 3.97. The molecule has 0 aromatic heterocycles. The summed E-state index contributed by atoms with van der Waals surface area (Å²) in [6.45, 7) is 0.792. The lowest BCUT2D eigenvalue weighted by molar-refractivity contribution is -0.0507. The highest BCUT2D eigenvalue weighted by Gasteiger charge is 2.35. The van der Waals surface area contributed by atoms with Crippen LogP contribution in [-0.2, 0) is 0 Å². The third kappa shape index (κ3) is 2.61. The maximum Gasteiger partial charge on any atom is 0.387 e. The quantitative estimate of drug-likeness (QED) is 0.842. The predicted octanol–water partition coefficient (Wildman–Crippen LogP) is 2.31. The molecule has 2 rings (SSSR count). The molecule has 1 atom stereocenters. The van der Waals surface area contributed by atoms with Crippen molar-refractivity contribution in [3.05, 3.63) is 42.5 Å². The van der Waals surface area contributed by atoms with E-state index in [1.165, 1.54) is 17.0 Å². The van der Waals surface area contributed by atoms with Gasteiger partial charge in [-0.05, 0) is 6.07 Å². The number of urea groups is 1. The van der Waals surface area contributed by atoms with Crippen LogP contribution in [0.3, 0.4) is 0 Å². The molecule has 0 radical (unpaired) electrons. The highest BCUT2D eigenvalue weighted by Crippen LogP contribution is 2.33. The summed E-state index contributed by atoms with van der Waals surface area (Å²) in [5.41, 5.74) is 6.09. The maximum absolute atomic E-state index is 12.4. The van der Waals surface area contributed by atoms with Gasteiger partial charge in [0.05, 0.1) is 0 Å². The van der Waals surface area contributed by atoms with Gasteiger partial charge in [0.1, 0.15) is 17.6 Å². The van der Waals surface area contributed by atoms with Gasteiger partial charge in [-0.15, -0.1) is 6.58 Å². The second-order valence-corrected chi connectivity index (χ2v) is 4.08. The fourth-order valence-electron chi connectivity index (χ4n) is 2.07. The third-order valence-electron chi connectivity index (χ3n) is 2.82. The first-order valence-corrected chi connectivity index (χ1v) is 5.84. The van der Waals surface area contributed by atoms with Crippen LogP contribution in [0.4, 0.5) is 13.6 Å². The molecule has 5 nitrogen and oxygen atoms in total. The van der Waals surface area contributed by atoms with Gasteiger partial charge in [0.2, 0.25) is 0 Å². The van der Waals surface area contributed by atoms with E-state index >= 15 is 0 Å². The Morgan fingerprint density at radius 1 is 1.50 bits per heavy atom. The van der Waals surface area contributed by atoms with Gasteiger partial charge in [0.15, 0.2) is 0 Å². The molecule has 1 aromatic rings. The minimum absolute atomic E-state index is 0.0330. The Morgan fingerprint density at radius 3 is 2.85 bits per heavy atom. The van der Waals surface area contributed by atoms with Crippen molar-refractivity contribution in [3.8, 4) is 5.75 Å². The molecular weight excluding hydrogens is 268 g/mol. The van der Waals surface area contributed by atoms with E-state index in [1.54, 1.807) is 18.2 Å². The summed E-state index contributed by atoms with van der Waals surface area (Å²) in [6, 6.07) is 4.91. The van der Waals surface area contributed by atoms with Gasteiger partial charge in [0.25, 0.3) is 0 Å². The molecule has 1 aliphatic rings. The van der Waals surface area contributed by atoms with Gasteiger partial charge in [-0.3, -0.25) is 0 Å². The second kappa shape index (κ2) is 5.68. The smallest absolute Gasteiger partial charge is 0.387 e. The van der Waals surface area contributed by atoms with Gasteiger partial charge in [-0.1, -0.05) is 24.3 Å². The molecule has 0 saturated carbocycles. The van der Waals surface area contributed by atoms with E-state index in [9.17, 15) is 13.6 Å². The molecule has 7 heteroatoms. The minimum atomic E-state index is -2.96. The first-order chi connectivity index (χ1) is 9.54. The fraction of sp³-hybridized carbons (Fsp3) is 0.231. The van der Waals surface area contributed by atoms with E-state index in [0.29, 0.717) is 5.56 Å². The molecule has 106 valence electrons. The van der Waals surface area contributed by atoms with Crippen molar-refractivity contribution in [1.29, 1.82) is 0 Å². The summed E-state index contributed by atoms with van der Waals surface area (Å²) in [4.78, 5) is 16.7. The summed E-state index contributed by atoms with van der Waals surface area (Å²) in [7, 11) is 0. The number of rotatable bonds is 5. The number of hydrogen-bond donors (Lipinski definition) is 1. The van der Waals surface area contributed by atoms with Crippen LogP contribution in [0, 0.1) is 0 Å². The molecule has 20 heavy (non-hydrogen) atoms. The van der Waals surface area contributed by atoms with Crippen LogP contribution in [0.15, 0.2) is 41.9 Å². The standard InChI is InChI=1S/C13H13F2N3O2/c1-2-7-18-10(11(16)17-13(18)19)8-5-3-4-6-9(8)20-12(14)15/h2-6,10,12H,1,7H2,(H2,16,17,19). The molecule has 0 aliphatic carbocycles. The number of aliphatic imine (C=N–C) groups is 1. The number of amidine groups is 1. The van der Waals surface area contributed by atoms with Crippen LogP contribution in [0.1, 0.15) is 11.6 Å². The first-order valence-electron chi connectivity index (χ1n) is 5.84. The Balaban J connectivity index is 2.41. The van der Waals surface area contributed by atoms with E-state index < -0.39 is 18.7 Å². The van der Waals surface area contributed by atoms with Crippen molar-refractivity contribution in [2.45, 2.75) is 12.7 Å². The summed E-state index contributed by atoms with van der Waals surface area (Å²) in [6.07, 6.45) is 1.51. The summed E-state index contributed by atoms with van der Waals surface area (Å²) < 4.78 is 29.3. The molecule has 1 unspecified atom stereocenters. The van der Waals surface area contributed by atoms with Gasteiger partial charge < -0.3 is 15.4 Å². The molecule has 1 aliphatic heterocycles. The normalized spacial score (nSPS) is 18.4. The van der Waals surface area contributed by atoms with Crippen LogP contribution in [0.5, 0.6) is 5.75 Å². The first kappa shape index (κ1) is 14.0. The number of ether oxygens (including phenoxy) is 1. The number of carbonyl (C=O) groups is 1. The number of amides is 2. The average Bonchev–Trinajstić information content (AvgIpc) is 2.65.